The molecule has 234 valence electrons. The number of imidazole rings is 1. The maximum atomic E-state index is 13.1. The minimum Gasteiger partial charge on any atom is -0.459 e. The zero-order valence-corrected chi connectivity index (χ0v) is 25.4. The highest BCUT2D eigenvalue weighted by Crippen LogP contribution is 2.33. The summed E-state index contributed by atoms with van der Waals surface area (Å²) in [6.45, 7) is 5.54. The summed E-state index contributed by atoms with van der Waals surface area (Å²) in [4.78, 5) is 62.8. The molecule has 5 aromatic rings. The number of nitrogens with zero attached hydrogens (tertiary/aromatic N) is 3. The number of aryl methyl sites for hydroxylation is 3. The summed E-state index contributed by atoms with van der Waals surface area (Å²) in [6.07, 6.45) is -0.907. The second-order valence-electron chi connectivity index (χ2n) is 11.2. The van der Waals surface area contributed by atoms with Gasteiger partial charge in [0, 0.05) is 12.0 Å². The predicted molar refractivity (Wildman–Crippen MR) is 168 cm³/mol. The lowest BCUT2D eigenvalue weighted by atomic mass is 10.1. The van der Waals surface area contributed by atoms with Crippen LogP contribution in [0.3, 0.4) is 0 Å². The predicted octanol–water partition coefficient (Wildman–Crippen LogP) is 4.67. The van der Waals surface area contributed by atoms with Crippen LogP contribution in [-0.4, -0.2) is 56.2 Å². The first kappa shape index (κ1) is 30.4. The van der Waals surface area contributed by atoms with E-state index in [1.165, 1.54) is 10.9 Å². The van der Waals surface area contributed by atoms with Gasteiger partial charge in [-0.3, -0.25) is 24.5 Å². The number of hydrogen-bond acceptors (Lipinski definition) is 9. The fraction of sp³-hybridized carbons (Fsp3) is 0.235. The summed E-state index contributed by atoms with van der Waals surface area (Å²) >= 11 is 0. The van der Waals surface area contributed by atoms with Gasteiger partial charge in [-0.25, -0.2) is 14.6 Å². The number of nitrogens with one attached hydrogen (secondary N) is 2. The lowest BCUT2D eigenvalue weighted by Gasteiger charge is -2.19. The van der Waals surface area contributed by atoms with Gasteiger partial charge in [-0.1, -0.05) is 53.1 Å². The molecule has 0 bridgehead atoms. The van der Waals surface area contributed by atoms with Gasteiger partial charge in [0.05, 0.1) is 17.5 Å². The maximum Gasteiger partial charge on any atom is 0.338 e. The van der Waals surface area contributed by atoms with Gasteiger partial charge in [-0.15, -0.1) is 0 Å². The van der Waals surface area contributed by atoms with Crippen LogP contribution < -0.4 is 10.9 Å². The number of carbonyl (C=O) groups is 3. The first-order valence-electron chi connectivity index (χ1n) is 14.7. The number of hydrogen-bond donors (Lipinski definition) is 2. The summed E-state index contributed by atoms with van der Waals surface area (Å²) in [5.41, 5.74) is 3.72. The van der Waals surface area contributed by atoms with Crippen LogP contribution in [0.15, 0.2) is 83.9 Å². The number of anilines is 1. The molecule has 2 aromatic heterocycles. The first-order chi connectivity index (χ1) is 22.1. The lowest BCUT2D eigenvalue weighted by molar-refractivity contribution is -0.0563. The maximum absolute atomic E-state index is 13.1. The number of H-pyrrole nitrogens is 1. The Balaban J connectivity index is 1.25. The Morgan fingerprint density at radius 1 is 0.870 bits per heavy atom. The van der Waals surface area contributed by atoms with E-state index in [2.05, 4.69) is 20.3 Å². The number of fused-ring (bicyclic) bond motifs is 1. The average molecular weight is 622 g/mol. The van der Waals surface area contributed by atoms with Gasteiger partial charge >= 0.3 is 11.9 Å². The van der Waals surface area contributed by atoms with Crippen molar-refractivity contribution in [3.63, 3.8) is 0 Å². The third-order valence-electron chi connectivity index (χ3n) is 7.68. The van der Waals surface area contributed by atoms with Crippen molar-refractivity contribution < 1.29 is 28.6 Å². The molecule has 2 N–H and O–H groups in total. The molecule has 0 unspecified atom stereocenters. The van der Waals surface area contributed by atoms with Crippen molar-refractivity contribution in [3.05, 3.63) is 123 Å². The second kappa shape index (κ2) is 12.8. The van der Waals surface area contributed by atoms with E-state index in [-0.39, 0.29) is 30.1 Å². The summed E-state index contributed by atoms with van der Waals surface area (Å²) in [5, 5.41) is 2.62. The Morgan fingerprint density at radius 3 is 2.04 bits per heavy atom. The largest absolute Gasteiger partial charge is 0.459 e. The molecule has 1 aliphatic rings. The van der Waals surface area contributed by atoms with Gasteiger partial charge in [0.15, 0.2) is 11.2 Å². The van der Waals surface area contributed by atoms with E-state index in [1.54, 1.807) is 72.8 Å². The van der Waals surface area contributed by atoms with E-state index in [4.69, 9.17) is 14.2 Å². The van der Waals surface area contributed by atoms with Crippen molar-refractivity contribution in [2.75, 3.05) is 11.9 Å². The Labute approximate surface area is 263 Å². The zero-order chi connectivity index (χ0) is 32.4. The zero-order valence-electron chi connectivity index (χ0n) is 25.4. The molecule has 1 amide bonds. The van der Waals surface area contributed by atoms with Crippen LogP contribution >= 0.6 is 0 Å². The average Bonchev–Trinajstić information content (AvgIpc) is 3.65. The summed E-state index contributed by atoms with van der Waals surface area (Å²) in [7, 11) is 0. The molecule has 0 radical (unpaired) electrons. The van der Waals surface area contributed by atoms with Gasteiger partial charge in [-0.05, 0) is 57.2 Å². The van der Waals surface area contributed by atoms with E-state index in [9.17, 15) is 19.2 Å². The second-order valence-corrected chi connectivity index (χ2v) is 11.2. The highest BCUT2D eigenvalue weighted by molar-refractivity contribution is 6.03. The van der Waals surface area contributed by atoms with Crippen LogP contribution in [0, 0.1) is 20.8 Å². The van der Waals surface area contributed by atoms with Crippen LogP contribution in [0.5, 0.6) is 0 Å². The van der Waals surface area contributed by atoms with E-state index in [1.807, 2.05) is 20.8 Å². The smallest absolute Gasteiger partial charge is 0.338 e. The van der Waals surface area contributed by atoms with Crippen molar-refractivity contribution in [2.24, 2.45) is 0 Å². The first-order valence-corrected chi connectivity index (χ1v) is 14.7. The quantitative estimate of drug-likeness (QED) is 0.235. The third kappa shape index (κ3) is 6.57. The fourth-order valence-corrected chi connectivity index (χ4v) is 5.05. The Morgan fingerprint density at radius 2 is 1.43 bits per heavy atom. The van der Waals surface area contributed by atoms with Crippen LogP contribution in [0.4, 0.5) is 5.95 Å². The van der Waals surface area contributed by atoms with E-state index in [0.29, 0.717) is 16.7 Å². The van der Waals surface area contributed by atoms with Crippen LogP contribution in [0.2, 0.25) is 0 Å². The topological polar surface area (TPSA) is 155 Å². The lowest BCUT2D eigenvalue weighted by Crippen LogP contribution is -2.32. The molecule has 1 aliphatic heterocycles. The van der Waals surface area contributed by atoms with Crippen molar-refractivity contribution in [2.45, 2.75) is 45.6 Å². The minimum absolute atomic E-state index is 0.0272. The van der Waals surface area contributed by atoms with Crippen molar-refractivity contribution in [1.82, 2.24) is 19.5 Å². The van der Waals surface area contributed by atoms with Gasteiger partial charge < -0.3 is 14.2 Å². The van der Waals surface area contributed by atoms with Crippen molar-refractivity contribution in [1.29, 1.82) is 0 Å². The monoisotopic (exact) mass is 621 g/mol. The number of carbonyl (C=O) groups excluding carboxylic acids is 3. The Kier molecular flexibility index (Phi) is 8.45. The fourth-order valence-electron chi connectivity index (χ4n) is 5.05. The Hall–Kier alpha value is -5.62. The highest BCUT2D eigenvalue weighted by Gasteiger charge is 2.41. The number of benzene rings is 3. The third-order valence-corrected chi connectivity index (χ3v) is 7.68. The minimum atomic E-state index is -0.839. The normalized spacial score (nSPS) is 17.5. The van der Waals surface area contributed by atoms with Crippen molar-refractivity contribution >= 4 is 35.0 Å². The summed E-state index contributed by atoms with van der Waals surface area (Å²) < 4.78 is 19.2. The number of esters is 2. The van der Waals surface area contributed by atoms with E-state index < -0.39 is 41.8 Å². The number of rotatable bonds is 8. The molecule has 46 heavy (non-hydrogen) atoms. The van der Waals surface area contributed by atoms with Gasteiger partial charge in [0.1, 0.15) is 25.0 Å². The van der Waals surface area contributed by atoms with Gasteiger partial charge in [0.25, 0.3) is 11.5 Å². The van der Waals surface area contributed by atoms with Crippen LogP contribution in [0.25, 0.3) is 11.2 Å². The number of aromatic amines is 1. The molecule has 1 fully saturated rings. The number of amides is 1. The molecule has 12 nitrogen and oxygen atoms in total. The molecule has 6 rings (SSSR count). The number of aromatic nitrogens is 4. The van der Waals surface area contributed by atoms with Crippen LogP contribution in [-0.2, 0) is 14.2 Å². The Bertz CT molecular complexity index is 1970. The molecule has 0 spiro atoms. The van der Waals surface area contributed by atoms with E-state index in [0.717, 1.165) is 16.7 Å². The highest BCUT2D eigenvalue weighted by atomic mass is 16.6. The SMILES string of the molecule is Cc1ccc(C(=O)Nc2nc3c(ncn3[C@@H]3C[C@H](OC(=O)c4ccc(C)cc4)[C@@H](COC(=O)c4ccc(C)cc4)O3)c(=O)[nH]2)cc1. The van der Waals surface area contributed by atoms with Gasteiger partial charge in [0.2, 0.25) is 5.95 Å². The molecule has 0 saturated carbocycles. The van der Waals surface area contributed by atoms with Gasteiger partial charge in [-0.2, -0.15) is 4.98 Å². The summed E-state index contributed by atoms with van der Waals surface area (Å²) in [5.74, 6) is -1.64. The molecular formula is C34H31N5O7. The van der Waals surface area contributed by atoms with E-state index >= 15 is 0 Å². The molecule has 3 atom stereocenters. The van der Waals surface area contributed by atoms with Crippen molar-refractivity contribution in [3.8, 4) is 0 Å². The summed E-state index contributed by atoms with van der Waals surface area (Å²) in [6, 6.07) is 20.8. The number of ether oxygens (including phenoxy) is 3. The molecular weight excluding hydrogens is 590 g/mol. The molecule has 0 aliphatic carbocycles. The van der Waals surface area contributed by atoms with Crippen LogP contribution in [0.1, 0.15) is 60.4 Å². The molecule has 1 saturated heterocycles. The molecule has 3 heterocycles. The molecule has 3 aromatic carbocycles. The standard InChI is InChI=1S/C34H31N5O7/c1-19-4-10-22(11-5-19)30(40)37-34-36-29-28(31(41)38-34)35-18-39(29)27-16-25(46-33(43)24-14-8-21(3)9-15-24)26(45-27)17-44-32(42)23-12-6-20(2)7-13-23/h4-15,18,25-27H,16-17H2,1-3H3,(H2,36,37,38,40,41)/t25-,26+,27-/m0/s1. The molecule has 12 heteroatoms.